The highest BCUT2D eigenvalue weighted by molar-refractivity contribution is 5.79. The third kappa shape index (κ3) is 3.38. The van der Waals surface area contributed by atoms with Crippen LogP contribution in [0.15, 0.2) is 30.3 Å². The number of nitrogens with zero attached hydrogens (tertiary/aromatic N) is 1. The van der Waals surface area contributed by atoms with Gasteiger partial charge in [-0.15, -0.1) is 0 Å². The summed E-state index contributed by atoms with van der Waals surface area (Å²) in [4.78, 5) is 14.5. The summed E-state index contributed by atoms with van der Waals surface area (Å²) in [7, 11) is 0. The maximum atomic E-state index is 12.1. The highest BCUT2D eigenvalue weighted by Crippen LogP contribution is 2.26. The summed E-state index contributed by atoms with van der Waals surface area (Å²) >= 11 is 0. The zero-order valence-corrected chi connectivity index (χ0v) is 12.4. The minimum absolute atomic E-state index is 0.0400. The maximum Gasteiger partial charge on any atom is 0.225 e. The molecule has 0 radical (unpaired) electrons. The largest absolute Gasteiger partial charge is 0.392 e. The quantitative estimate of drug-likeness (QED) is 0.888. The topological polar surface area (TPSA) is 52.6 Å². The summed E-state index contributed by atoms with van der Waals surface area (Å²) in [6, 6.07) is 10.4. The van der Waals surface area contributed by atoms with Crippen molar-refractivity contribution in [2.24, 2.45) is 11.8 Å². The first-order valence-corrected chi connectivity index (χ1v) is 8.00. The fraction of sp³-hybridized carbons (Fsp3) is 0.588. The summed E-state index contributed by atoms with van der Waals surface area (Å²) in [6.07, 6.45) is 3.23. The van der Waals surface area contributed by atoms with Gasteiger partial charge in [0.1, 0.15) is 0 Å². The number of amides is 1. The van der Waals surface area contributed by atoms with E-state index in [0.29, 0.717) is 5.92 Å². The van der Waals surface area contributed by atoms with Gasteiger partial charge in [0.25, 0.3) is 0 Å². The van der Waals surface area contributed by atoms with Crippen molar-refractivity contribution >= 4 is 11.6 Å². The van der Waals surface area contributed by atoms with Crippen molar-refractivity contribution in [3.8, 4) is 0 Å². The monoisotopic (exact) mass is 288 g/mol. The Labute approximate surface area is 126 Å². The molecular weight excluding hydrogens is 264 g/mol. The number of benzene rings is 1. The van der Waals surface area contributed by atoms with E-state index in [0.717, 1.165) is 45.3 Å². The van der Waals surface area contributed by atoms with Crippen molar-refractivity contribution in [1.29, 1.82) is 0 Å². The standard InChI is InChI=1S/C17H24N2O2/c20-16-8-4-7-15(16)17(21)18-11-13-9-10-19(12-13)14-5-2-1-3-6-14/h1-3,5-6,13,15-16,20H,4,7-12H2,(H,18,21). The molecule has 3 rings (SSSR count). The Morgan fingerprint density at radius 1 is 1.24 bits per heavy atom. The molecule has 3 unspecified atom stereocenters. The van der Waals surface area contributed by atoms with E-state index in [1.807, 2.05) is 6.07 Å². The second kappa shape index (κ2) is 6.48. The molecule has 0 spiro atoms. The van der Waals surface area contributed by atoms with Crippen LogP contribution in [0.3, 0.4) is 0 Å². The number of aliphatic hydroxyl groups is 1. The molecule has 21 heavy (non-hydrogen) atoms. The molecule has 3 atom stereocenters. The molecule has 1 aliphatic heterocycles. The van der Waals surface area contributed by atoms with E-state index in [2.05, 4.69) is 34.5 Å². The van der Waals surface area contributed by atoms with E-state index in [9.17, 15) is 9.90 Å². The van der Waals surface area contributed by atoms with Crippen molar-refractivity contribution in [2.45, 2.75) is 31.8 Å². The lowest BCUT2D eigenvalue weighted by molar-refractivity contribution is -0.127. The average Bonchev–Trinajstić information content (AvgIpc) is 3.15. The summed E-state index contributed by atoms with van der Waals surface area (Å²) in [5, 5.41) is 12.8. The molecule has 1 saturated carbocycles. The van der Waals surface area contributed by atoms with Gasteiger partial charge in [-0.05, 0) is 43.7 Å². The first-order chi connectivity index (χ1) is 10.2. The average molecular weight is 288 g/mol. The summed E-state index contributed by atoms with van der Waals surface area (Å²) in [5.74, 6) is 0.363. The highest BCUT2D eigenvalue weighted by Gasteiger charge is 2.32. The van der Waals surface area contributed by atoms with Gasteiger partial charge < -0.3 is 15.3 Å². The lowest BCUT2D eigenvalue weighted by Gasteiger charge is -2.19. The van der Waals surface area contributed by atoms with Crippen LogP contribution in [0.2, 0.25) is 0 Å². The zero-order chi connectivity index (χ0) is 14.7. The van der Waals surface area contributed by atoms with Crippen LogP contribution in [0.4, 0.5) is 5.69 Å². The van der Waals surface area contributed by atoms with Crippen molar-refractivity contribution in [2.75, 3.05) is 24.5 Å². The number of carbonyl (C=O) groups is 1. The number of hydrogen-bond acceptors (Lipinski definition) is 3. The molecule has 1 saturated heterocycles. The van der Waals surface area contributed by atoms with E-state index in [1.165, 1.54) is 5.69 Å². The van der Waals surface area contributed by atoms with E-state index in [1.54, 1.807) is 0 Å². The smallest absolute Gasteiger partial charge is 0.225 e. The normalized spacial score (nSPS) is 28.8. The molecule has 0 aromatic heterocycles. The number of anilines is 1. The second-order valence-corrected chi connectivity index (χ2v) is 6.29. The van der Waals surface area contributed by atoms with Crippen molar-refractivity contribution in [3.05, 3.63) is 30.3 Å². The Balaban J connectivity index is 1.46. The van der Waals surface area contributed by atoms with Crippen molar-refractivity contribution < 1.29 is 9.90 Å². The number of hydrogen-bond donors (Lipinski definition) is 2. The molecule has 1 aromatic rings. The molecule has 114 valence electrons. The molecule has 4 heteroatoms. The van der Waals surface area contributed by atoms with Crippen LogP contribution in [-0.4, -0.2) is 36.8 Å². The molecule has 1 heterocycles. The minimum Gasteiger partial charge on any atom is -0.392 e. The third-order valence-corrected chi connectivity index (χ3v) is 4.79. The number of carbonyl (C=O) groups excluding carboxylic acids is 1. The second-order valence-electron chi connectivity index (χ2n) is 6.29. The van der Waals surface area contributed by atoms with E-state index < -0.39 is 6.10 Å². The molecule has 1 aromatic carbocycles. The third-order valence-electron chi connectivity index (χ3n) is 4.79. The van der Waals surface area contributed by atoms with Crippen LogP contribution in [0, 0.1) is 11.8 Å². The van der Waals surface area contributed by atoms with Crippen LogP contribution in [0.25, 0.3) is 0 Å². The molecular formula is C17H24N2O2. The van der Waals surface area contributed by atoms with Crippen LogP contribution in [0.1, 0.15) is 25.7 Å². The van der Waals surface area contributed by atoms with Gasteiger partial charge in [-0.2, -0.15) is 0 Å². The molecule has 2 fully saturated rings. The van der Waals surface area contributed by atoms with Gasteiger partial charge in [0, 0.05) is 25.3 Å². The van der Waals surface area contributed by atoms with Crippen LogP contribution in [0.5, 0.6) is 0 Å². The van der Waals surface area contributed by atoms with Gasteiger partial charge in [0.2, 0.25) is 5.91 Å². The Bertz CT molecular complexity index is 477. The van der Waals surface area contributed by atoms with Crippen molar-refractivity contribution in [3.63, 3.8) is 0 Å². The lowest BCUT2D eigenvalue weighted by Crippen LogP contribution is -2.38. The fourth-order valence-corrected chi connectivity index (χ4v) is 3.49. The molecule has 2 N–H and O–H groups in total. The first kappa shape index (κ1) is 14.4. The van der Waals surface area contributed by atoms with E-state index >= 15 is 0 Å². The van der Waals surface area contributed by atoms with Crippen LogP contribution in [-0.2, 0) is 4.79 Å². The Morgan fingerprint density at radius 2 is 2.05 bits per heavy atom. The maximum absolute atomic E-state index is 12.1. The Kier molecular flexibility index (Phi) is 4.44. The van der Waals surface area contributed by atoms with Gasteiger partial charge >= 0.3 is 0 Å². The number of aliphatic hydroxyl groups excluding tert-OH is 1. The molecule has 4 nitrogen and oxygen atoms in total. The molecule has 0 bridgehead atoms. The summed E-state index contributed by atoms with van der Waals surface area (Å²) in [5.41, 5.74) is 1.26. The number of para-hydroxylation sites is 1. The number of nitrogens with one attached hydrogen (secondary N) is 1. The Morgan fingerprint density at radius 3 is 2.76 bits per heavy atom. The SMILES string of the molecule is O=C(NCC1CCN(c2ccccc2)C1)C1CCCC1O. The van der Waals surface area contributed by atoms with E-state index in [4.69, 9.17) is 0 Å². The highest BCUT2D eigenvalue weighted by atomic mass is 16.3. The predicted molar refractivity (Wildman–Crippen MR) is 83.1 cm³/mol. The van der Waals surface area contributed by atoms with Crippen LogP contribution < -0.4 is 10.2 Å². The zero-order valence-electron chi connectivity index (χ0n) is 12.4. The van der Waals surface area contributed by atoms with Crippen molar-refractivity contribution in [1.82, 2.24) is 5.32 Å². The van der Waals surface area contributed by atoms with E-state index in [-0.39, 0.29) is 11.8 Å². The molecule has 1 amide bonds. The number of rotatable bonds is 4. The first-order valence-electron chi connectivity index (χ1n) is 8.00. The Hall–Kier alpha value is -1.55. The predicted octanol–water partition coefficient (Wildman–Crippen LogP) is 1.79. The minimum atomic E-state index is -0.436. The summed E-state index contributed by atoms with van der Waals surface area (Å²) in [6.45, 7) is 2.78. The van der Waals surface area contributed by atoms with Gasteiger partial charge in [-0.3, -0.25) is 4.79 Å². The van der Waals surface area contributed by atoms with Gasteiger partial charge in [-0.1, -0.05) is 18.2 Å². The lowest BCUT2D eigenvalue weighted by atomic mass is 10.0. The van der Waals surface area contributed by atoms with Gasteiger partial charge in [0.15, 0.2) is 0 Å². The summed E-state index contributed by atoms with van der Waals surface area (Å²) < 4.78 is 0. The fourth-order valence-electron chi connectivity index (χ4n) is 3.49. The van der Waals surface area contributed by atoms with Crippen LogP contribution >= 0.6 is 0 Å². The van der Waals surface area contributed by atoms with Gasteiger partial charge in [0.05, 0.1) is 12.0 Å². The molecule has 1 aliphatic carbocycles. The van der Waals surface area contributed by atoms with Gasteiger partial charge in [-0.25, -0.2) is 0 Å². The molecule has 2 aliphatic rings.